The Bertz CT molecular complexity index is 1120. The molecule has 174 valence electrons. The van der Waals surface area contributed by atoms with Gasteiger partial charge >= 0.3 is 6.09 Å². The molecule has 4 rings (SSSR count). The molecule has 0 bridgehead atoms. The molecule has 2 aromatic rings. The van der Waals surface area contributed by atoms with E-state index in [1.807, 2.05) is 20.8 Å². The topological polar surface area (TPSA) is 86.0 Å². The van der Waals surface area contributed by atoms with Crippen molar-refractivity contribution in [2.75, 3.05) is 26.2 Å². The number of aromatic hydroxyl groups is 1. The van der Waals surface area contributed by atoms with E-state index in [9.17, 15) is 19.6 Å². The number of nitrogens with zero attached hydrogens (tertiary/aromatic N) is 3. The SMILES string of the molecule is CC(C)(C)OC(=O)N1CCN2Cc3c(C#N)cc(-c4c(O)cccc4F)c(Cl)c3OC[C@H]2C1. The first kappa shape index (κ1) is 23.1. The number of amides is 1. The first-order chi connectivity index (χ1) is 15.6. The van der Waals surface area contributed by atoms with E-state index < -0.39 is 11.4 Å². The number of phenolic OH excluding ortho intramolecular Hbond substituents is 1. The van der Waals surface area contributed by atoms with Gasteiger partial charge in [-0.05, 0) is 39.0 Å². The minimum Gasteiger partial charge on any atom is -0.507 e. The van der Waals surface area contributed by atoms with Gasteiger partial charge in [-0.2, -0.15) is 5.26 Å². The van der Waals surface area contributed by atoms with Crippen molar-refractivity contribution in [3.05, 3.63) is 46.2 Å². The van der Waals surface area contributed by atoms with Gasteiger partial charge in [0.2, 0.25) is 0 Å². The van der Waals surface area contributed by atoms with Gasteiger partial charge in [-0.25, -0.2) is 9.18 Å². The fourth-order valence-corrected chi connectivity index (χ4v) is 4.49. The zero-order chi connectivity index (χ0) is 23.9. The van der Waals surface area contributed by atoms with E-state index >= 15 is 0 Å². The van der Waals surface area contributed by atoms with Crippen LogP contribution in [0.25, 0.3) is 11.1 Å². The van der Waals surface area contributed by atoms with E-state index in [0.29, 0.717) is 43.1 Å². The number of phenols is 1. The van der Waals surface area contributed by atoms with Crippen LogP contribution in [0.2, 0.25) is 5.02 Å². The molecule has 0 radical (unpaired) electrons. The fourth-order valence-electron chi connectivity index (χ4n) is 4.17. The second-order valence-electron chi connectivity index (χ2n) is 9.20. The summed E-state index contributed by atoms with van der Waals surface area (Å²) in [5.41, 5.74) is 0.424. The van der Waals surface area contributed by atoms with Crippen LogP contribution in [0.1, 0.15) is 31.9 Å². The predicted octanol–water partition coefficient (Wildman–Crippen LogP) is 4.54. The number of piperazine rings is 1. The summed E-state index contributed by atoms with van der Waals surface area (Å²) in [4.78, 5) is 16.3. The Morgan fingerprint density at radius 2 is 2.12 bits per heavy atom. The molecule has 2 heterocycles. The van der Waals surface area contributed by atoms with Crippen LogP contribution in [0, 0.1) is 17.1 Å². The lowest BCUT2D eigenvalue weighted by Crippen LogP contribution is -2.56. The summed E-state index contributed by atoms with van der Waals surface area (Å²) in [6.07, 6.45) is -0.378. The van der Waals surface area contributed by atoms with Crippen LogP contribution in [0.3, 0.4) is 0 Å². The van der Waals surface area contributed by atoms with Crippen molar-refractivity contribution in [1.29, 1.82) is 5.26 Å². The Hall–Kier alpha value is -3.02. The maximum absolute atomic E-state index is 14.5. The molecule has 0 spiro atoms. The highest BCUT2D eigenvalue weighted by Gasteiger charge is 2.36. The number of hydrogen-bond donors (Lipinski definition) is 1. The van der Waals surface area contributed by atoms with Gasteiger partial charge < -0.3 is 19.5 Å². The number of carbonyl (C=O) groups is 1. The fraction of sp³-hybridized carbons (Fsp3) is 0.417. The van der Waals surface area contributed by atoms with Gasteiger partial charge in [-0.15, -0.1) is 0 Å². The summed E-state index contributed by atoms with van der Waals surface area (Å²) in [5, 5.41) is 20.2. The largest absolute Gasteiger partial charge is 0.507 e. The highest BCUT2D eigenvalue weighted by molar-refractivity contribution is 6.35. The van der Waals surface area contributed by atoms with Crippen LogP contribution in [0.4, 0.5) is 9.18 Å². The predicted molar refractivity (Wildman–Crippen MR) is 121 cm³/mol. The third-order valence-electron chi connectivity index (χ3n) is 5.74. The zero-order valence-electron chi connectivity index (χ0n) is 18.7. The molecule has 9 heteroatoms. The number of benzene rings is 2. The van der Waals surface area contributed by atoms with Crippen molar-refractivity contribution < 1.29 is 23.8 Å². The monoisotopic (exact) mass is 473 g/mol. The van der Waals surface area contributed by atoms with E-state index in [0.717, 1.165) is 0 Å². The van der Waals surface area contributed by atoms with Crippen molar-refractivity contribution >= 4 is 17.7 Å². The molecule has 1 amide bonds. The van der Waals surface area contributed by atoms with Crippen molar-refractivity contribution in [1.82, 2.24) is 9.80 Å². The third-order valence-corrected chi connectivity index (χ3v) is 6.12. The number of ether oxygens (including phenoxy) is 2. The molecular formula is C24H25ClFN3O4. The van der Waals surface area contributed by atoms with Crippen molar-refractivity contribution in [3.63, 3.8) is 0 Å². The summed E-state index contributed by atoms with van der Waals surface area (Å²) in [6.45, 7) is 7.55. The van der Waals surface area contributed by atoms with Crippen LogP contribution in [-0.4, -0.2) is 58.9 Å². The number of nitriles is 1. The minimum absolute atomic E-state index is 0.0801. The average Bonchev–Trinajstić information content (AvgIpc) is 2.93. The molecule has 2 aromatic carbocycles. The number of hydrogen-bond acceptors (Lipinski definition) is 6. The summed E-state index contributed by atoms with van der Waals surface area (Å²) in [5.74, 6) is -0.633. The van der Waals surface area contributed by atoms with Crippen molar-refractivity contribution in [2.24, 2.45) is 0 Å². The molecule has 1 saturated heterocycles. The van der Waals surface area contributed by atoms with E-state index in [1.54, 1.807) is 4.90 Å². The molecule has 1 fully saturated rings. The maximum Gasteiger partial charge on any atom is 0.410 e. The Labute approximate surface area is 196 Å². The molecule has 0 saturated carbocycles. The molecule has 1 atom stereocenters. The van der Waals surface area contributed by atoms with Gasteiger partial charge in [0.05, 0.1) is 28.3 Å². The average molecular weight is 474 g/mol. The van der Waals surface area contributed by atoms with Crippen molar-refractivity contribution in [2.45, 2.75) is 39.0 Å². The van der Waals surface area contributed by atoms with Crippen LogP contribution < -0.4 is 4.74 Å². The highest BCUT2D eigenvalue weighted by Crippen LogP contribution is 2.45. The Kier molecular flexibility index (Phi) is 6.12. The van der Waals surface area contributed by atoms with E-state index in [1.165, 1.54) is 24.3 Å². The molecule has 0 aromatic heterocycles. The minimum atomic E-state index is -0.653. The Morgan fingerprint density at radius 3 is 2.79 bits per heavy atom. The van der Waals surface area contributed by atoms with Crippen LogP contribution >= 0.6 is 11.6 Å². The quantitative estimate of drug-likeness (QED) is 0.654. The number of fused-ring (bicyclic) bond motifs is 2. The maximum atomic E-state index is 14.5. The highest BCUT2D eigenvalue weighted by atomic mass is 35.5. The molecule has 1 N–H and O–H groups in total. The third kappa shape index (κ3) is 4.56. The summed E-state index contributed by atoms with van der Waals surface area (Å²) in [7, 11) is 0. The number of rotatable bonds is 1. The van der Waals surface area contributed by atoms with Crippen molar-refractivity contribution in [3.8, 4) is 28.7 Å². The van der Waals surface area contributed by atoms with E-state index in [2.05, 4.69) is 11.0 Å². The van der Waals surface area contributed by atoms with E-state index in [-0.39, 0.29) is 40.6 Å². The van der Waals surface area contributed by atoms with Gasteiger partial charge in [0, 0.05) is 37.3 Å². The van der Waals surface area contributed by atoms with Crippen LogP contribution in [0.5, 0.6) is 11.5 Å². The van der Waals surface area contributed by atoms with Gasteiger partial charge in [-0.3, -0.25) is 4.90 Å². The standard InChI is InChI=1S/C24H25ClFN3O4/c1-24(2,3)33-23(31)29-8-7-28-12-17-14(10-27)9-16(20-18(26)5-4-6-19(20)30)21(25)22(17)32-13-15(28)11-29/h4-6,9,15,30H,7-8,11-13H2,1-3H3/t15-/m1/s1. The van der Waals surface area contributed by atoms with Crippen LogP contribution in [0.15, 0.2) is 24.3 Å². The molecule has 33 heavy (non-hydrogen) atoms. The van der Waals surface area contributed by atoms with Crippen LogP contribution in [-0.2, 0) is 11.3 Å². The van der Waals surface area contributed by atoms with Gasteiger partial charge in [0.15, 0.2) is 0 Å². The molecule has 2 aliphatic rings. The Balaban J connectivity index is 1.66. The zero-order valence-corrected chi connectivity index (χ0v) is 19.4. The Morgan fingerprint density at radius 1 is 1.36 bits per heavy atom. The molecule has 2 aliphatic heterocycles. The normalized spacial score (nSPS) is 18.4. The first-order valence-corrected chi connectivity index (χ1v) is 11.0. The lowest BCUT2D eigenvalue weighted by molar-refractivity contribution is -0.00155. The summed E-state index contributed by atoms with van der Waals surface area (Å²) >= 11 is 6.64. The smallest absolute Gasteiger partial charge is 0.410 e. The van der Waals surface area contributed by atoms with Gasteiger partial charge in [-0.1, -0.05) is 17.7 Å². The summed E-state index contributed by atoms with van der Waals surface area (Å²) < 4.78 is 26.1. The van der Waals surface area contributed by atoms with Gasteiger partial charge in [0.25, 0.3) is 0 Å². The molecular weight excluding hydrogens is 449 g/mol. The lowest BCUT2D eigenvalue weighted by atomic mass is 9.96. The number of carbonyl (C=O) groups excluding carboxylic acids is 1. The molecule has 0 aliphatic carbocycles. The number of halogens is 2. The molecule has 0 unspecified atom stereocenters. The summed E-state index contributed by atoms with van der Waals surface area (Å²) in [6, 6.07) is 7.47. The lowest BCUT2D eigenvalue weighted by Gasteiger charge is -2.40. The van der Waals surface area contributed by atoms with Gasteiger partial charge in [0.1, 0.15) is 29.5 Å². The van der Waals surface area contributed by atoms with E-state index in [4.69, 9.17) is 21.1 Å². The molecule has 7 nitrogen and oxygen atoms in total. The second kappa shape index (κ2) is 8.73. The second-order valence-corrected chi connectivity index (χ2v) is 9.58. The first-order valence-electron chi connectivity index (χ1n) is 10.7.